The molecule has 3 fully saturated rings. The Bertz CT molecular complexity index is 1650. The number of fused-ring (bicyclic) bond motifs is 3. The number of carbonyl (C=O) groups excluding carboxylic acids is 1. The van der Waals surface area contributed by atoms with Crippen LogP contribution in [0, 0.1) is 23.6 Å². The number of aliphatic hydroxyl groups is 1. The summed E-state index contributed by atoms with van der Waals surface area (Å²) in [7, 11) is -8.00. The van der Waals surface area contributed by atoms with E-state index in [1.807, 2.05) is 0 Å². The van der Waals surface area contributed by atoms with Gasteiger partial charge in [0.05, 0.1) is 11.9 Å². The lowest BCUT2D eigenvalue weighted by molar-refractivity contribution is -0.140. The minimum atomic E-state index is -4.35. The first kappa shape index (κ1) is 25.8. The summed E-state index contributed by atoms with van der Waals surface area (Å²) in [5.41, 5.74) is 0.665. The Morgan fingerprint density at radius 1 is 1.10 bits per heavy atom. The van der Waals surface area contributed by atoms with Crippen LogP contribution in [-0.4, -0.2) is 50.9 Å². The Labute approximate surface area is 225 Å². The number of hydrogen-bond donors (Lipinski definition) is 3. The number of amidine groups is 1. The molecule has 2 heterocycles. The van der Waals surface area contributed by atoms with Crippen LogP contribution in [0.4, 0.5) is 15.8 Å². The molecule has 13 heteroatoms. The Kier molecular flexibility index (Phi) is 5.99. The minimum Gasteiger partial charge on any atom is -0.511 e. The highest BCUT2D eigenvalue weighted by Crippen LogP contribution is 2.52. The monoisotopic (exact) mass is 574 g/mol. The van der Waals surface area contributed by atoms with Crippen molar-refractivity contribution in [2.45, 2.75) is 43.2 Å². The average molecular weight is 575 g/mol. The van der Waals surface area contributed by atoms with E-state index in [9.17, 15) is 31.1 Å². The Morgan fingerprint density at radius 3 is 2.44 bits per heavy atom. The number of hydrogen-bond acceptors (Lipinski definition) is 7. The van der Waals surface area contributed by atoms with Crippen LogP contribution in [0.2, 0.25) is 0 Å². The van der Waals surface area contributed by atoms with E-state index in [1.54, 1.807) is 17.0 Å². The van der Waals surface area contributed by atoms with E-state index in [0.717, 1.165) is 38.0 Å². The quantitative estimate of drug-likeness (QED) is 0.496. The molecule has 1 amide bonds. The number of nitrogens with zero attached hydrogens (tertiary/aromatic N) is 2. The maximum absolute atomic E-state index is 14.0. The van der Waals surface area contributed by atoms with Gasteiger partial charge in [0.15, 0.2) is 5.84 Å². The number of aliphatic hydroxyl groups excluding tert-OH is 1. The normalized spacial score (nSPS) is 27.4. The number of rotatable bonds is 5. The molecule has 0 spiro atoms. The SMILES string of the molecule is CS(=O)(=O)Nc1ccc2c(c1)S(=O)(=O)N=C(C1=C(O)C3C4CCC(CC4)C3N(Cc3ccc(F)cc3)C1=O)N2. The van der Waals surface area contributed by atoms with Gasteiger partial charge in [0.2, 0.25) is 10.0 Å². The van der Waals surface area contributed by atoms with E-state index in [1.165, 1.54) is 24.3 Å². The van der Waals surface area contributed by atoms with Gasteiger partial charge >= 0.3 is 0 Å². The zero-order chi connectivity index (χ0) is 27.7. The number of nitrogens with one attached hydrogen (secondary N) is 2. The highest BCUT2D eigenvalue weighted by Gasteiger charge is 2.54. The molecule has 3 aliphatic carbocycles. The topological polar surface area (TPSA) is 145 Å². The van der Waals surface area contributed by atoms with Gasteiger partial charge in [-0.2, -0.15) is 8.42 Å². The van der Waals surface area contributed by atoms with Crippen LogP contribution >= 0.6 is 0 Å². The summed E-state index contributed by atoms with van der Waals surface area (Å²) in [6.07, 6.45) is 4.62. The van der Waals surface area contributed by atoms with Crippen molar-refractivity contribution >= 4 is 43.2 Å². The molecule has 5 aliphatic rings. The first-order valence-corrected chi connectivity index (χ1v) is 16.0. The molecule has 2 aromatic rings. The van der Waals surface area contributed by atoms with Crippen molar-refractivity contribution in [3.05, 3.63) is 65.2 Å². The molecular weight excluding hydrogens is 547 g/mol. The van der Waals surface area contributed by atoms with Crippen LogP contribution in [0.25, 0.3) is 0 Å². The molecule has 10 nitrogen and oxygen atoms in total. The van der Waals surface area contributed by atoms with E-state index >= 15 is 0 Å². The molecule has 3 saturated carbocycles. The van der Waals surface area contributed by atoms with Gasteiger partial charge in [0, 0.05) is 24.2 Å². The summed E-state index contributed by atoms with van der Waals surface area (Å²) in [5.74, 6) is -1.41. The van der Waals surface area contributed by atoms with Crippen molar-refractivity contribution in [2.75, 3.05) is 16.3 Å². The second-order valence-corrected chi connectivity index (χ2v) is 14.0. The van der Waals surface area contributed by atoms with Gasteiger partial charge in [-0.25, -0.2) is 12.8 Å². The molecule has 2 aliphatic heterocycles. The van der Waals surface area contributed by atoms with Crippen LogP contribution in [0.3, 0.4) is 0 Å². The van der Waals surface area contributed by atoms with Crippen LogP contribution < -0.4 is 10.0 Å². The minimum absolute atomic E-state index is 0.0441. The molecule has 3 N–H and O–H groups in total. The first-order valence-electron chi connectivity index (χ1n) is 12.6. The number of sulfonamides is 2. The molecule has 39 heavy (non-hydrogen) atoms. The van der Waals surface area contributed by atoms with Crippen LogP contribution in [0.1, 0.15) is 31.2 Å². The third-order valence-corrected chi connectivity index (χ3v) is 10.0. The molecule has 2 aromatic carbocycles. The van der Waals surface area contributed by atoms with E-state index < -0.39 is 31.8 Å². The summed E-state index contributed by atoms with van der Waals surface area (Å²) in [5, 5.41) is 14.4. The largest absolute Gasteiger partial charge is 0.511 e. The van der Waals surface area contributed by atoms with E-state index in [0.29, 0.717) is 5.56 Å². The number of halogens is 1. The Morgan fingerprint density at radius 2 is 1.77 bits per heavy atom. The molecular formula is C26H27FN4O6S2. The first-order chi connectivity index (χ1) is 18.4. The van der Waals surface area contributed by atoms with Crippen molar-refractivity contribution in [3.63, 3.8) is 0 Å². The smallest absolute Gasteiger partial charge is 0.286 e. The number of carbonyl (C=O) groups is 1. The molecule has 0 aromatic heterocycles. The van der Waals surface area contributed by atoms with Crippen molar-refractivity contribution in [1.82, 2.24) is 4.90 Å². The molecule has 0 saturated heterocycles. The van der Waals surface area contributed by atoms with E-state index in [2.05, 4.69) is 14.4 Å². The Hall–Kier alpha value is -3.45. The molecule has 2 unspecified atom stereocenters. The maximum atomic E-state index is 14.0. The fourth-order valence-corrected chi connectivity index (χ4v) is 8.24. The molecule has 0 radical (unpaired) electrons. The van der Waals surface area contributed by atoms with Gasteiger partial charge in [-0.05, 0) is 73.4 Å². The fraction of sp³-hybridized carbons (Fsp3) is 0.385. The van der Waals surface area contributed by atoms with Gasteiger partial charge in [-0.1, -0.05) is 12.1 Å². The third-order valence-electron chi connectivity index (χ3n) is 8.11. The predicted octanol–water partition coefficient (Wildman–Crippen LogP) is 3.37. The summed E-state index contributed by atoms with van der Waals surface area (Å²) in [4.78, 5) is 15.4. The van der Waals surface area contributed by atoms with Gasteiger partial charge in [0.1, 0.15) is 22.0 Å². The summed E-state index contributed by atoms with van der Waals surface area (Å²) < 4.78 is 69.3. The van der Waals surface area contributed by atoms with Crippen molar-refractivity contribution in [1.29, 1.82) is 0 Å². The molecule has 7 rings (SSSR count). The van der Waals surface area contributed by atoms with Gasteiger partial charge in [-0.15, -0.1) is 4.40 Å². The van der Waals surface area contributed by atoms with Crippen molar-refractivity contribution in [2.24, 2.45) is 22.2 Å². The summed E-state index contributed by atoms with van der Waals surface area (Å²) in [6.45, 7) is 0.178. The zero-order valence-corrected chi connectivity index (χ0v) is 22.6. The lowest BCUT2D eigenvalue weighted by atomic mass is 9.59. The summed E-state index contributed by atoms with van der Waals surface area (Å²) in [6, 6.07) is 9.52. The maximum Gasteiger partial charge on any atom is 0.286 e. The highest BCUT2D eigenvalue weighted by atomic mass is 32.2. The summed E-state index contributed by atoms with van der Waals surface area (Å²) >= 11 is 0. The standard InChI is InChI=1S/C26H27FN4O6S2/c1-38(34,35)29-18-10-11-19-20(12-18)39(36,37)30-25(28-19)22-24(32)21-15-4-6-16(7-5-15)23(21)31(26(22)33)13-14-2-8-17(27)9-3-14/h2-3,8-12,15-16,21,23,29,32H,4-7,13H2,1H3,(H,28,30). The number of amides is 1. The third kappa shape index (κ3) is 4.56. The van der Waals surface area contributed by atoms with E-state index in [-0.39, 0.29) is 63.8 Å². The van der Waals surface area contributed by atoms with E-state index in [4.69, 9.17) is 0 Å². The molecule has 206 valence electrons. The predicted molar refractivity (Wildman–Crippen MR) is 142 cm³/mol. The average Bonchev–Trinajstić information content (AvgIpc) is 2.87. The number of benzene rings is 2. The van der Waals surface area contributed by atoms with Gasteiger partial charge in [-0.3, -0.25) is 9.52 Å². The zero-order valence-electron chi connectivity index (χ0n) is 21.0. The van der Waals surface area contributed by atoms with Gasteiger partial charge < -0.3 is 15.3 Å². The second kappa shape index (κ2) is 9.05. The highest BCUT2D eigenvalue weighted by molar-refractivity contribution is 7.92. The van der Waals surface area contributed by atoms with Crippen molar-refractivity contribution < 1.29 is 31.1 Å². The molecule has 2 atom stereocenters. The fourth-order valence-electron chi connectivity index (χ4n) is 6.54. The van der Waals surface area contributed by atoms with Crippen LogP contribution in [0.5, 0.6) is 0 Å². The van der Waals surface area contributed by atoms with Gasteiger partial charge in [0.25, 0.3) is 15.9 Å². The molecule has 2 bridgehead atoms. The van der Waals surface area contributed by atoms with Crippen LogP contribution in [-0.2, 0) is 31.4 Å². The lowest BCUT2D eigenvalue weighted by Gasteiger charge is -2.54. The number of anilines is 2. The van der Waals surface area contributed by atoms with Crippen molar-refractivity contribution in [3.8, 4) is 0 Å². The second-order valence-electron chi connectivity index (χ2n) is 10.6. The van der Waals surface area contributed by atoms with Crippen LogP contribution in [0.15, 0.2) is 63.1 Å². The lowest BCUT2D eigenvalue weighted by Crippen LogP contribution is -2.60. The Balaban J connectivity index is 1.42.